The van der Waals surface area contributed by atoms with Gasteiger partial charge in [0, 0.05) is 5.69 Å². The molecule has 1 amide bonds. The lowest BCUT2D eigenvalue weighted by Gasteiger charge is -2.10. The molecule has 0 aliphatic rings. The summed E-state index contributed by atoms with van der Waals surface area (Å²) in [6.07, 6.45) is -4.42. The van der Waals surface area contributed by atoms with Crippen LogP contribution < -0.4 is 10.1 Å². The van der Waals surface area contributed by atoms with Gasteiger partial charge in [-0.1, -0.05) is 11.6 Å². The molecule has 0 unspecified atom stereocenters. The number of halogens is 5. The van der Waals surface area contributed by atoms with Gasteiger partial charge in [-0.2, -0.15) is 13.2 Å². The zero-order valence-electron chi connectivity index (χ0n) is 11.5. The predicted octanol–water partition coefficient (Wildman–Crippen LogP) is 4.67. The molecular formula is C15H10ClF4NO2. The van der Waals surface area contributed by atoms with Crippen LogP contribution in [0.4, 0.5) is 23.2 Å². The Morgan fingerprint density at radius 3 is 2.35 bits per heavy atom. The second-order valence-electron chi connectivity index (χ2n) is 4.51. The number of carbonyl (C=O) groups excluding carboxylic acids is 1. The zero-order chi connectivity index (χ0) is 17.0. The van der Waals surface area contributed by atoms with E-state index in [0.29, 0.717) is 5.69 Å². The van der Waals surface area contributed by atoms with E-state index in [9.17, 15) is 22.4 Å². The maximum atomic E-state index is 12.9. The third kappa shape index (κ3) is 5.14. The average Bonchev–Trinajstić information content (AvgIpc) is 2.45. The van der Waals surface area contributed by atoms with Crippen LogP contribution in [-0.2, 0) is 0 Å². The largest absolute Gasteiger partial charge is 0.484 e. The van der Waals surface area contributed by atoms with Gasteiger partial charge in [-0.15, -0.1) is 0 Å². The highest BCUT2D eigenvalue weighted by atomic mass is 35.5. The number of alkyl halides is 3. The van der Waals surface area contributed by atoms with Crippen molar-refractivity contribution in [1.29, 1.82) is 0 Å². The molecule has 0 aromatic heterocycles. The third-order valence-electron chi connectivity index (χ3n) is 2.69. The van der Waals surface area contributed by atoms with Gasteiger partial charge >= 0.3 is 6.18 Å². The zero-order valence-corrected chi connectivity index (χ0v) is 12.2. The summed E-state index contributed by atoms with van der Waals surface area (Å²) in [5, 5.41) is 2.45. The molecule has 0 heterocycles. The molecule has 0 spiro atoms. The maximum absolute atomic E-state index is 12.9. The van der Waals surface area contributed by atoms with Crippen LogP contribution in [0.15, 0.2) is 42.5 Å². The van der Waals surface area contributed by atoms with Crippen molar-refractivity contribution in [2.45, 2.75) is 6.18 Å². The Kier molecular flexibility index (Phi) is 5.10. The number of benzene rings is 2. The minimum atomic E-state index is -4.42. The Bertz CT molecular complexity index is 702. The highest BCUT2D eigenvalue weighted by Gasteiger charge is 2.28. The van der Waals surface area contributed by atoms with E-state index in [4.69, 9.17) is 11.6 Å². The molecule has 23 heavy (non-hydrogen) atoms. The molecule has 0 saturated carbocycles. The number of nitrogens with one attached hydrogen (secondary N) is 1. The fourth-order valence-corrected chi connectivity index (χ4v) is 1.92. The van der Waals surface area contributed by atoms with E-state index >= 15 is 0 Å². The fourth-order valence-electron chi connectivity index (χ4n) is 1.67. The molecule has 2 aromatic rings. The van der Waals surface area contributed by atoms with Gasteiger partial charge in [0.1, 0.15) is 11.6 Å². The smallest absolute Gasteiger partial charge is 0.422 e. The van der Waals surface area contributed by atoms with E-state index in [1.165, 1.54) is 30.3 Å². The van der Waals surface area contributed by atoms with Gasteiger partial charge < -0.3 is 10.1 Å². The highest BCUT2D eigenvalue weighted by molar-refractivity contribution is 6.34. The first-order chi connectivity index (χ1) is 10.7. The Morgan fingerprint density at radius 1 is 1.13 bits per heavy atom. The van der Waals surface area contributed by atoms with Crippen molar-refractivity contribution in [3.63, 3.8) is 0 Å². The quantitative estimate of drug-likeness (QED) is 0.816. The summed E-state index contributed by atoms with van der Waals surface area (Å²) in [4.78, 5) is 12.0. The van der Waals surface area contributed by atoms with Crippen LogP contribution in [0.25, 0.3) is 0 Å². The topological polar surface area (TPSA) is 38.3 Å². The average molecular weight is 348 g/mol. The van der Waals surface area contributed by atoms with Crippen LogP contribution in [0.1, 0.15) is 10.4 Å². The van der Waals surface area contributed by atoms with E-state index in [2.05, 4.69) is 10.1 Å². The van der Waals surface area contributed by atoms with Crippen LogP contribution in [-0.4, -0.2) is 18.7 Å². The van der Waals surface area contributed by atoms with E-state index in [1.807, 2.05) is 0 Å². The van der Waals surface area contributed by atoms with Crippen molar-refractivity contribution < 1.29 is 27.1 Å². The van der Waals surface area contributed by atoms with E-state index in [0.717, 1.165) is 12.1 Å². The van der Waals surface area contributed by atoms with E-state index in [1.54, 1.807) is 0 Å². The molecule has 0 aliphatic carbocycles. The molecular weight excluding hydrogens is 338 g/mol. The number of ether oxygens (including phenoxy) is 1. The van der Waals surface area contributed by atoms with Crippen LogP contribution in [0.3, 0.4) is 0 Å². The molecule has 0 aliphatic heterocycles. The minimum absolute atomic E-state index is 0.0140. The normalized spacial score (nSPS) is 11.2. The number of amides is 1. The summed E-state index contributed by atoms with van der Waals surface area (Å²) in [6.45, 7) is -1.40. The summed E-state index contributed by atoms with van der Waals surface area (Å²) in [5.41, 5.74) is 0.403. The third-order valence-corrected chi connectivity index (χ3v) is 3.00. The molecule has 0 atom stereocenters. The summed E-state index contributed by atoms with van der Waals surface area (Å²) < 4.78 is 53.6. The van der Waals surface area contributed by atoms with Crippen molar-refractivity contribution in [1.82, 2.24) is 0 Å². The van der Waals surface area contributed by atoms with Gasteiger partial charge in [-0.25, -0.2) is 4.39 Å². The Balaban J connectivity index is 2.01. The number of hydrogen-bond acceptors (Lipinski definition) is 2. The lowest BCUT2D eigenvalue weighted by molar-refractivity contribution is -0.153. The highest BCUT2D eigenvalue weighted by Crippen LogP contribution is 2.22. The maximum Gasteiger partial charge on any atom is 0.422 e. The van der Waals surface area contributed by atoms with Crippen molar-refractivity contribution >= 4 is 23.2 Å². The summed E-state index contributed by atoms with van der Waals surface area (Å²) >= 11 is 5.77. The van der Waals surface area contributed by atoms with Crippen LogP contribution >= 0.6 is 11.6 Å². The molecule has 2 aromatic carbocycles. The van der Waals surface area contributed by atoms with Gasteiger partial charge in [0.2, 0.25) is 0 Å². The van der Waals surface area contributed by atoms with Gasteiger partial charge in [0.15, 0.2) is 6.61 Å². The lowest BCUT2D eigenvalue weighted by atomic mass is 10.2. The molecule has 122 valence electrons. The first kappa shape index (κ1) is 17.1. The van der Waals surface area contributed by atoms with Crippen molar-refractivity contribution in [3.05, 3.63) is 58.9 Å². The SMILES string of the molecule is O=C(Nc1ccc(OCC(F)(F)F)cc1)c1ccc(F)cc1Cl. The van der Waals surface area contributed by atoms with Gasteiger partial charge in [0.05, 0.1) is 10.6 Å². The van der Waals surface area contributed by atoms with E-state index in [-0.39, 0.29) is 16.3 Å². The molecule has 2 rings (SSSR count). The minimum Gasteiger partial charge on any atom is -0.484 e. The van der Waals surface area contributed by atoms with E-state index < -0.39 is 24.5 Å². The Morgan fingerprint density at radius 2 is 1.78 bits per heavy atom. The molecule has 1 N–H and O–H groups in total. The van der Waals surface area contributed by atoms with Crippen molar-refractivity contribution in [2.24, 2.45) is 0 Å². The summed E-state index contributed by atoms with van der Waals surface area (Å²) in [7, 11) is 0. The second kappa shape index (κ2) is 6.87. The first-order valence-electron chi connectivity index (χ1n) is 6.30. The summed E-state index contributed by atoms with van der Waals surface area (Å²) in [6, 6.07) is 8.65. The molecule has 0 saturated heterocycles. The molecule has 0 fully saturated rings. The molecule has 8 heteroatoms. The van der Waals surface area contributed by atoms with Gasteiger partial charge in [0.25, 0.3) is 5.91 Å². The number of anilines is 1. The number of rotatable bonds is 4. The van der Waals surface area contributed by atoms with Crippen LogP contribution in [0.5, 0.6) is 5.75 Å². The Hall–Kier alpha value is -2.28. The van der Waals surface area contributed by atoms with Crippen molar-refractivity contribution in [2.75, 3.05) is 11.9 Å². The van der Waals surface area contributed by atoms with Crippen LogP contribution in [0, 0.1) is 5.82 Å². The first-order valence-corrected chi connectivity index (χ1v) is 6.68. The predicted molar refractivity (Wildman–Crippen MR) is 77.4 cm³/mol. The van der Waals surface area contributed by atoms with Gasteiger partial charge in [-0.3, -0.25) is 4.79 Å². The van der Waals surface area contributed by atoms with Crippen LogP contribution in [0.2, 0.25) is 5.02 Å². The molecule has 0 bridgehead atoms. The Labute approximate surface area is 133 Å². The van der Waals surface area contributed by atoms with Gasteiger partial charge in [-0.05, 0) is 42.5 Å². The van der Waals surface area contributed by atoms with Crippen molar-refractivity contribution in [3.8, 4) is 5.75 Å². The number of carbonyl (C=O) groups is 1. The molecule has 3 nitrogen and oxygen atoms in total. The number of hydrogen-bond donors (Lipinski definition) is 1. The lowest BCUT2D eigenvalue weighted by Crippen LogP contribution is -2.19. The molecule has 0 radical (unpaired) electrons. The fraction of sp³-hybridized carbons (Fsp3) is 0.133. The second-order valence-corrected chi connectivity index (χ2v) is 4.91. The summed E-state index contributed by atoms with van der Waals surface area (Å²) in [5.74, 6) is -1.13. The monoisotopic (exact) mass is 347 g/mol. The standard InChI is InChI=1S/C15H10ClF4NO2/c16-13-7-9(17)1-6-12(13)14(22)21-10-2-4-11(5-3-10)23-8-15(18,19)20/h1-7H,8H2,(H,21,22).